The van der Waals surface area contributed by atoms with Gasteiger partial charge in [0, 0.05) is 22.3 Å². The van der Waals surface area contributed by atoms with Crippen LogP contribution in [0.3, 0.4) is 0 Å². The fourth-order valence-corrected chi connectivity index (χ4v) is 7.24. The van der Waals surface area contributed by atoms with Crippen molar-refractivity contribution in [2.24, 2.45) is 0 Å². The van der Waals surface area contributed by atoms with Gasteiger partial charge >= 0.3 is 0 Å². The molecule has 1 N–H and O–H groups in total. The van der Waals surface area contributed by atoms with E-state index in [4.69, 9.17) is 0 Å². The summed E-state index contributed by atoms with van der Waals surface area (Å²) < 4.78 is 27.4. The van der Waals surface area contributed by atoms with Crippen LogP contribution in [0.2, 0.25) is 0 Å². The predicted molar refractivity (Wildman–Crippen MR) is 126 cm³/mol. The third-order valence-electron chi connectivity index (χ3n) is 5.03. The summed E-state index contributed by atoms with van der Waals surface area (Å²) in [5.41, 5.74) is 2.17. The fourth-order valence-electron chi connectivity index (χ4n) is 3.26. The molecular formula is C22H21N3O4S3. The third kappa shape index (κ3) is 4.78. The number of nitrogens with one attached hydrogen (secondary N) is 1. The van der Waals surface area contributed by atoms with Crippen molar-refractivity contribution in [2.45, 2.75) is 24.4 Å². The smallest absolute Gasteiger partial charge is 0.244 e. The maximum atomic E-state index is 13.1. The highest BCUT2D eigenvalue weighted by Gasteiger charge is 2.40. The van der Waals surface area contributed by atoms with Gasteiger partial charge in [-0.2, -0.15) is 4.31 Å². The van der Waals surface area contributed by atoms with E-state index in [1.54, 1.807) is 0 Å². The van der Waals surface area contributed by atoms with E-state index in [1.807, 2.05) is 35.7 Å². The molecule has 0 radical (unpaired) electrons. The summed E-state index contributed by atoms with van der Waals surface area (Å²) in [7, 11) is -3.86. The van der Waals surface area contributed by atoms with Crippen LogP contribution in [0.4, 0.5) is 0 Å². The summed E-state index contributed by atoms with van der Waals surface area (Å²) >= 11 is 2.88. The molecule has 1 saturated heterocycles. The fraction of sp³-hybridized carbons (Fsp3) is 0.227. The zero-order chi connectivity index (χ0) is 22.7. The van der Waals surface area contributed by atoms with Crippen molar-refractivity contribution in [1.82, 2.24) is 14.6 Å². The molecule has 10 heteroatoms. The second-order valence-electron chi connectivity index (χ2n) is 7.22. The number of ketones is 1. The Bertz CT molecular complexity index is 1220. The van der Waals surface area contributed by atoms with E-state index >= 15 is 0 Å². The first kappa shape index (κ1) is 22.7. The summed E-state index contributed by atoms with van der Waals surface area (Å²) in [4.78, 5) is 28.9. The quantitative estimate of drug-likeness (QED) is 0.513. The van der Waals surface area contributed by atoms with Crippen LogP contribution in [0.25, 0.3) is 10.6 Å². The standard InChI is InChI=1S/C22H21N3O4S3/c1-15(26)16-7-9-19(10-8-16)32(28,29)25-14-30-13-20(25)21(27)23-11-18-12-31-22(24-18)17-5-3-2-4-6-17/h2-10,12,20H,11,13-14H2,1H3,(H,23,27)/t20-/m1/s1. The van der Waals surface area contributed by atoms with Crippen LogP contribution in [0.15, 0.2) is 64.9 Å². The number of Topliss-reactive ketones (excluding diaryl/α,β-unsaturated/α-hetero) is 1. The summed E-state index contributed by atoms with van der Waals surface area (Å²) in [5, 5.41) is 5.58. The van der Waals surface area contributed by atoms with Gasteiger partial charge in [-0.15, -0.1) is 23.1 Å². The van der Waals surface area contributed by atoms with Gasteiger partial charge in [-0.3, -0.25) is 9.59 Å². The third-order valence-corrected chi connectivity index (χ3v) is 9.01. The highest BCUT2D eigenvalue weighted by Crippen LogP contribution is 2.29. The highest BCUT2D eigenvalue weighted by atomic mass is 32.2. The molecule has 1 amide bonds. The molecule has 1 aliphatic heterocycles. The molecule has 1 fully saturated rings. The van der Waals surface area contributed by atoms with Crippen LogP contribution in [0, 0.1) is 0 Å². The number of sulfonamides is 1. The molecule has 3 aromatic rings. The second kappa shape index (κ2) is 9.53. The van der Waals surface area contributed by atoms with Crippen molar-refractivity contribution in [3.05, 3.63) is 71.2 Å². The lowest BCUT2D eigenvalue weighted by atomic mass is 10.2. The molecule has 1 aromatic heterocycles. The van der Waals surface area contributed by atoms with Crippen LogP contribution < -0.4 is 5.32 Å². The minimum Gasteiger partial charge on any atom is -0.349 e. The molecule has 0 aliphatic carbocycles. The van der Waals surface area contributed by atoms with Crippen LogP contribution in [-0.4, -0.2) is 47.1 Å². The average molecular weight is 488 g/mol. The number of nitrogens with zero attached hydrogens (tertiary/aromatic N) is 2. The Balaban J connectivity index is 1.43. The van der Waals surface area contributed by atoms with E-state index in [0.717, 1.165) is 16.3 Å². The number of aromatic nitrogens is 1. The largest absolute Gasteiger partial charge is 0.349 e. The van der Waals surface area contributed by atoms with E-state index in [1.165, 1.54) is 58.6 Å². The van der Waals surface area contributed by atoms with Gasteiger partial charge in [-0.05, 0) is 19.1 Å². The molecular weight excluding hydrogens is 466 g/mol. The molecule has 7 nitrogen and oxygen atoms in total. The van der Waals surface area contributed by atoms with Gasteiger partial charge in [-0.1, -0.05) is 42.5 Å². The van der Waals surface area contributed by atoms with E-state index in [-0.39, 0.29) is 29.0 Å². The molecule has 166 valence electrons. The van der Waals surface area contributed by atoms with Gasteiger partial charge in [0.05, 0.1) is 23.0 Å². The first-order chi connectivity index (χ1) is 15.4. The Morgan fingerprint density at radius 3 is 2.53 bits per heavy atom. The van der Waals surface area contributed by atoms with Crippen LogP contribution in [-0.2, 0) is 21.4 Å². The molecule has 1 atom stereocenters. The Morgan fingerprint density at radius 1 is 1.12 bits per heavy atom. The van der Waals surface area contributed by atoms with Gasteiger partial charge in [0.25, 0.3) is 0 Å². The number of hydrogen-bond acceptors (Lipinski definition) is 7. The van der Waals surface area contributed by atoms with E-state index < -0.39 is 16.1 Å². The second-order valence-corrected chi connectivity index (χ2v) is 11.0. The van der Waals surface area contributed by atoms with Crippen molar-refractivity contribution < 1.29 is 18.0 Å². The Kier molecular flexibility index (Phi) is 6.75. The number of benzene rings is 2. The Hall–Kier alpha value is -2.53. The van der Waals surface area contributed by atoms with Crippen LogP contribution >= 0.6 is 23.1 Å². The van der Waals surface area contributed by atoms with E-state index in [9.17, 15) is 18.0 Å². The summed E-state index contributed by atoms with van der Waals surface area (Å²) in [5.74, 6) is 0.0840. The number of hydrogen-bond donors (Lipinski definition) is 1. The Morgan fingerprint density at radius 2 is 1.84 bits per heavy atom. The molecule has 4 rings (SSSR count). The van der Waals surface area contributed by atoms with Crippen molar-refractivity contribution in [1.29, 1.82) is 0 Å². The number of carbonyl (C=O) groups is 2. The lowest BCUT2D eigenvalue weighted by Gasteiger charge is -2.22. The van der Waals surface area contributed by atoms with Gasteiger partial charge in [0.1, 0.15) is 11.0 Å². The van der Waals surface area contributed by atoms with Gasteiger partial charge in [0.2, 0.25) is 15.9 Å². The number of thiazole rings is 1. The SMILES string of the molecule is CC(=O)c1ccc(S(=O)(=O)N2CSC[C@@H]2C(=O)NCc2csc(-c3ccccc3)n2)cc1. The first-order valence-electron chi connectivity index (χ1n) is 9.84. The van der Waals surface area contributed by atoms with Gasteiger partial charge < -0.3 is 5.32 Å². The molecule has 2 heterocycles. The van der Waals surface area contributed by atoms with Crippen molar-refractivity contribution in [3.63, 3.8) is 0 Å². The zero-order valence-electron chi connectivity index (χ0n) is 17.2. The predicted octanol–water partition coefficient (Wildman–Crippen LogP) is 3.39. The van der Waals surface area contributed by atoms with Gasteiger partial charge in [0.15, 0.2) is 5.78 Å². The highest BCUT2D eigenvalue weighted by molar-refractivity contribution is 8.00. The summed E-state index contributed by atoms with van der Waals surface area (Å²) in [6.45, 7) is 1.65. The molecule has 0 spiro atoms. The van der Waals surface area contributed by atoms with E-state index in [2.05, 4.69) is 10.3 Å². The zero-order valence-corrected chi connectivity index (χ0v) is 19.7. The lowest BCUT2D eigenvalue weighted by Crippen LogP contribution is -2.46. The number of rotatable bonds is 7. The monoisotopic (exact) mass is 487 g/mol. The molecule has 0 unspecified atom stereocenters. The molecule has 2 aromatic carbocycles. The molecule has 0 bridgehead atoms. The number of thioether (sulfide) groups is 1. The minimum absolute atomic E-state index is 0.0646. The maximum Gasteiger partial charge on any atom is 0.244 e. The maximum absolute atomic E-state index is 13.1. The van der Waals surface area contributed by atoms with Crippen molar-refractivity contribution >= 4 is 44.8 Å². The van der Waals surface area contributed by atoms with Crippen molar-refractivity contribution in [2.75, 3.05) is 11.6 Å². The summed E-state index contributed by atoms with van der Waals surface area (Å²) in [6.07, 6.45) is 0. The normalized spacial score (nSPS) is 16.7. The molecule has 0 saturated carbocycles. The number of amides is 1. The average Bonchev–Trinajstić information content (AvgIpc) is 3.48. The first-order valence-corrected chi connectivity index (χ1v) is 13.3. The lowest BCUT2D eigenvalue weighted by molar-refractivity contribution is -0.124. The van der Waals surface area contributed by atoms with Crippen LogP contribution in [0.1, 0.15) is 23.0 Å². The van der Waals surface area contributed by atoms with E-state index in [0.29, 0.717) is 11.3 Å². The van der Waals surface area contributed by atoms with Crippen molar-refractivity contribution in [3.8, 4) is 10.6 Å². The minimum atomic E-state index is -3.86. The number of carbonyl (C=O) groups excluding carboxylic acids is 2. The molecule has 32 heavy (non-hydrogen) atoms. The molecule has 1 aliphatic rings. The summed E-state index contributed by atoms with van der Waals surface area (Å²) in [6, 6.07) is 14.8. The van der Waals surface area contributed by atoms with Crippen LogP contribution in [0.5, 0.6) is 0 Å². The van der Waals surface area contributed by atoms with Gasteiger partial charge in [-0.25, -0.2) is 13.4 Å². The topological polar surface area (TPSA) is 96.4 Å². The Labute approximate surface area is 194 Å².